The fourth-order valence-corrected chi connectivity index (χ4v) is 3.05. The molecule has 0 atom stereocenters. The SMILES string of the molecule is C[Si](C)(C)C/C=C\CC/C=C\C[Si](C)(C)C. The second-order valence-corrected chi connectivity index (χ2v) is 18.1. The molecule has 0 aliphatic carbocycles. The molecular weight excluding hydrogens is 224 g/mol. The maximum atomic E-state index is 2.42. The van der Waals surface area contributed by atoms with Gasteiger partial charge in [-0.25, -0.2) is 0 Å². The van der Waals surface area contributed by atoms with Gasteiger partial charge < -0.3 is 0 Å². The van der Waals surface area contributed by atoms with Gasteiger partial charge in [0.2, 0.25) is 0 Å². The Hall–Kier alpha value is -0.0862. The number of rotatable bonds is 7. The molecule has 0 saturated heterocycles. The van der Waals surface area contributed by atoms with Gasteiger partial charge in [-0.3, -0.25) is 0 Å². The molecule has 94 valence electrons. The maximum Gasteiger partial charge on any atom is 0.0480 e. The molecule has 0 amide bonds. The summed E-state index contributed by atoms with van der Waals surface area (Å²) in [6.45, 7) is 14.5. The summed E-state index contributed by atoms with van der Waals surface area (Å²) in [6.07, 6.45) is 11.9. The fourth-order valence-electron chi connectivity index (χ4n) is 1.30. The van der Waals surface area contributed by atoms with E-state index in [2.05, 4.69) is 63.6 Å². The van der Waals surface area contributed by atoms with Crippen LogP contribution in [0.3, 0.4) is 0 Å². The number of hydrogen-bond acceptors (Lipinski definition) is 0. The van der Waals surface area contributed by atoms with Gasteiger partial charge in [0.25, 0.3) is 0 Å². The highest BCUT2D eigenvalue weighted by Gasteiger charge is 2.09. The van der Waals surface area contributed by atoms with Crippen molar-refractivity contribution in [1.82, 2.24) is 0 Å². The highest BCUT2D eigenvalue weighted by atomic mass is 28.3. The van der Waals surface area contributed by atoms with E-state index in [9.17, 15) is 0 Å². The van der Waals surface area contributed by atoms with Crippen LogP contribution in [0.2, 0.25) is 51.4 Å². The molecule has 0 bridgehead atoms. The lowest BCUT2D eigenvalue weighted by Crippen LogP contribution is -2.17. The van der Waals surface area contributed by atoms with Crippen molar-refractivity contribution in [3.05, 3.63) is 24.3 Å². The Bertz CT molecular complexity index is 200. The van der Waals surface area contributed by atoms with E-state index in [1.165, 1.54) is 24.9 Å². The minimum absolute atomic E-state index is 0.857. The van der Waals surface area contributed by atoms with E-state index in [0.29, 0.717) is 0 Å². The number of allylic oxidation sites excluding steroid dienone is 4. The molecule has 0 saturated carbocycles. The molecule has 0 nitrogen and oxygen atoms in total. The third kappa shape index (κ3) is 13.9. The van der Waals surface area contributed by atoms with E-state index in [0.717, 1.165) is 0 Å². The van der Waals surface area contributed by atoms with Crippen LogP contribution in [0.5, 0.6) is 0 Å². The molecule has 0 aromatic rings. The molecule has 2 heteroatoms. The van der Waals surface area contributed by atoms with Crippen LogP contribution in [0.25, 0.3) is 0 Å². The predicted molar refractivity (Wildman–Crippen MR) is 83.8 cm³/mol. The lowest BCUT2D eigenvalue weighted by molar-refractivity contribution is 1.04. The summed E-state index contributed by atoms with van der Waals surface area (Å²) in [4.78, 5) is 0. The van der Waals surface area contributed by atoms with Crippen molar-refractivity contribution in [2.75, 3.05) is 0 Å². The zero-order valence-corrected chi connectivity index (χ0v) is 14.1. The first-order valence-electron chi connectivity index (χ1n) is 6.51. The Labute approximate surface area is 105 Å². The third-order valence-electron chi connectivity index (χ3n) is 2.29. The van der Waals surface area contributed by atoms with Crippen LogP contribution < -0.4 is 0 Å². The zero-order valence-electron chi connectivity index (χ0n) is 12.1. The Morgan fingerprint density at radius 1 is 0.562 bits per heavy atom. The smallest absolute Gasteiger partial charge is 0.0480 e. The topological polar surface area (TPSA) is 0 Å². The van der Waals surface area contributed by atoms with Gasteiger partial charge >= 0.3 is 0 Å². The molecule has 0 spiro atoms. The van der Waals surface area contributed by atoms with E-state index < -0.39 is 16.1 Å². The molecule has 0 aromatic carbocycles. The second-order valence-electron chi connectivity index (χ2n) is 7.05. The van der Waals surface area contributed by atoms with Crippen molar-refractivity contribution in [3.8, 4) is 0 Å². The van der Waals surface area contributed by atoms with Gasteiger partial charge in [0.15, 0.2) is 0 Å². The summed E-state index contributed by atoms with van der Waals surface area (Å²) in [7, 11) is -1.71. The van der Waals surface area contributed by atoms with E-state index in [4.69, 9.17) is 0 Å². The molecule has 0 aliphatic rings. The van der Waals surface area contributed by atoms with Crippen LogP contribution in [-0.2, 0) is 0 Å². The van der Waals surface area contributed by atoms with Crippen LogP contribution >= 0.6 is 0 Å². The Morgan fingerprint density at radius 3 is 1.12 bits per heavy atom. The Kier molecular flexibility index (Phi) is 7.24. The van der Waals surface area contributed by atoms with Gasteiger partial charge in [0.05, 0.1) is 0 Å². The molecule has 0 rings (SSSR count). The zero-order chi connectivity index (χ0) is 12.7. The lowest BCUT2D eigenvalue weighted by Gasteiger charge is -2.11. The number of hydrogen-bond donors (Lipinski definition) is 0. The number of unbranched alkanes of at least 4 members (excludes halogenated alkanes) is 1. The average Bonchev–Trinajstić information content (AvgIpc) is 2.06. The van der Waals surface area contributed by atoms with E-state index >= 15 is 0 Å². The van der Waals surface area contributed by atoms with Crippen molar-refractivity contribution in [2.24, 2.45) is 0 Å². The maximum absolute atomic E-state index is 2.42. The van der Waals surface area contributed by atoms with Crippen molar-refractivity contribution >= 4 is 16.1 Å². The first-order chi connectivity index (χ1) is 7.21. The third-order valence-corrected chi connectivity index (χ3v) is 5.21. The van der Waals surface area contributed by atoms with Crippen LogP contribution in [0, 0.1) is 0 Å². The van der Waals surface area contributed by atoms with Crippen LogP contribution in [0.1, 0.15) is 12.8 Å². The molecule has 0 aromatic heterocycles. The summed E-state index contributed by atoms with van der Waals surface area (Å²) in [5.41, 5.74) is 0. The normalized spacial score (nSPS) is 14.1. The predicted octanol–water partition coefficient (Wildman–Crippen LogP) is 5.56. The largest absolute Gasteiger partial charge is 0.0912 e. The summed E-state index contributed by atoms with van der Waals surface area (Å²) in [6, 6.07) is 2.65. The van der Waals surface area contributed by atoms with Crippen molar-refractivity contribution in [3.63, 3.8) is 0 Å². The quantitative estimate of drug-likeness (QED) is 0.317. The summed E-state index contributed by atoms with van der Waals surface area (Å²) >= 11 is 0. The van der Waals surface area contributed by atoms with Gasteiger partial charge in [0, 0.05) is 16.1 Å². The molecule has 0 fully saturated rings. The molecular formula is C14H30Si2. The molecule has 0 unspecified atom stereocenters. The first kappa shape index (κ1) is 15.9. The van der Waals surface area contributed by atoms with E-state index in [1.54, 1.807) is 0 Å². The van der Waals surface area contributed by atoms with Gasteiger partial charge in [-0.1, -0.05) is 63.6 Å². The standard InChI is InChI=1S/C14H30Si2/c1-15(2,3)13-11-9-7-8-10-12-14-16(4,5)6/h9-12H,7-8,13-14H2,1-6H3/b11-9-,12-10-. The fraction of sp³-hybridized carbons (Fsp3) is 0.714. The summed E-state index contributed by atoms with van der Waals surface area (Å²) in [5, 5.41) is 0. The summed E-state index contributed by atoms with van der Waals surface area (Å²) < 4.78 is 0. The highest BCUT2D eigenvalue weighted by molar-refractivity contribution is 6.76. The second kappa shape index (κ2) is 7.28. The average molecular weight is 255 g/mol. The van der Waals surface area contributed by atoms with Crippen molar-refractivity contribution < 1.29 is 0 Å². The van der Waals surface area contributed by atoms with Crippen LogP contribution in [0.15, 0.2) is 24.3 Å². The van der Waals surface area contributed by atoms with Gasteiger partial charge in [-0.05, 0) is 24.9 Å². The van der Waals surface area contributed by atoms with E-state index in [1.807, 2.05) is 0 Å². The lowest BCUT2D eigenvalue weighted by atomic mass is 10.3. The summed E-state index contributed by atoms with van der Waals surface area (Å²) in [5.74, 6) is 0. The van der Waals surface area contributed by atoms with Gasteiger partial charge in [0.1, 0.15) is 0 Å². The molecule has 0 aliphatic heterocycles. The van der Waals surface area contributed by atoms with Crippen LogP contribution in [0.4, 0.5) is 0 Å². The molecule has 0 N–H and O–H groups in total. The first-order valence-corrected chi connectivity index (χ1v) is 13.9. The Morgan fingerprint density at radius 2 is 0.875 bits per heavy atom. The minimum Gasteiger partial charge on any atom is -0.0912 e. The molecule has 0 radical (unpaired) electrons. The van der Waals surface area contributed by atoms with Crippen LogP contribution in [-0.4, -0.2) is 16.1 Å². The molecule has 16 heavy (non-hydrogen) atoms. The Balaban J connectivity index is 3.54. The highest BCUT2D eigenvalue weighted by Crippen LogP contribution is 2.10. The van der Waals surface area contributed by atoms with Gasteiger partial charge in [-0.15, -0.1) is 0 Å². The minimum atomic E-state index is -0.857. The van der Waals surface area contributed by atoms with E-state index in [-0.39, 0.29) is 0 Å². The van der Waals surface area contributed by atoms with Gasteiger partial charge in [-0.2, -0.15) is 0 Å². The monoisotopic (exact) mass is 254 g/mol. The molecule has 0 heterocycles. The van der Waals surface area contributed by atoms with Crippen molar-refractivity contribution in [2.45, 2.75) is 64.2 Å². The van der Waals surface area contributed by atoms with Crippen molar-refractivity contribution in [1.29, 1.82) is 0 Å².